The van der Waals surface area contributed by atoms with E-state index in [-0.39, 0.29) is 43.8 Å². The number of hydrogen-bond acceptors (Lipinski definition) is 5. The molecule has 0 aliphatic rings. The Morgan fingerprint density at radius 3 is 2.32 bits per heavy atom. The number of aldehydes is 1. The van der Waals surface area contributed by atoms with Crippen molar-refractivity contribution in [1.82, 2.24) is 4.90 Å². The Labute approximate surface area is 221 Å². The monoisotopic (exact) mass is 575 g/mol. The number of alkyl halides is 3. The highest BCUT2D eigenvalue weighted by atomic mass is 35.5. The van der Waals surface area contributed by atoms with Crippen molar-refractivity contribution >= 4 is 27.7 Å². The van der Waals surface area contributed by atoms with Gasteiger partial charge in [-0.05, 0) is 41.8 Å². The van der Waals surface area contributed by atoms with Crippen molar-refractivity contribution in [2.24, 2.45) is 0 Å². The molecule has 5 nitrogen and oxygen atoms in total. The third-order valence-corrected chi connectivity index (χ3v) is 7.15. The third-order valence-electron chi connectivity index (χ3n) is 5.57. The lowest BCUT2D eigenvalue weighted by Crippen LogP contribution is -2.26. The van der Waals surface area contributed by atoms with Crippen LogP contribution in [0.4, 0.5) is 22.0 Å². The van der Waals surface area contributed by atoms with E-state index in [1.807, 2.05) is 0 Å². The first-order valence-corrected chi connectivity index (χ1v) is 13.5. The van der Waals surface area contributed by atoms with Crippen LogP contribution in [-0.4, -0.2) is 39.0 Å². The van der Waals surface area contributed by atoms with Crippen LogP contribution in [0.5, 0.6) is 5.75 Å². The first kappa shape index (κ1) is 29.5. The molecule has 0 amide bonds. The Morgan fingerprint density at radius 1 is 1.03 bits per heavy atom. The molecule has 0 atom stereocenters. The van der Waals surface area contributed by atoms with E-state index >= 15 is 0 Å². The topological polar surface area (TPSA) is 63.7 Å². The minimum absolute atomic E-state index is 0.000676. The second kappa shape index (κ2) is 12.2. The zero-order valence-electron chi connectivity index (χ0n) is 20.1. The number of carbonyl (C=O) groups is 1. The fraction of sp³-hybridized carbons (Fsp3) is 0.269. The first-order valence-electron chi connectivity index (χ1n) is 11.2. The van der Waals surface area contributed by atoms with E-state index < -0.39 is 48.7 Å². The second-order valence-corrected chi connectivity index (χ2v) is 10.9. The molecule has 0 unspecified atom stereocenters. The molecule has 3 aromatic rings. The van der Waals surface area contributed by atoms with E-state index in [4.69, 9.17) is 16.3 Å². The van der Waals surface area contributed by atoms with Gasteiger partial charge in [-0.15, -0.1) is 0 Å². The molecular weight excluding hydrogens is 553 g/mol. The average Bonchev–Trinajstić information content (AvgIpc) is 2.82. The molecular formula is C26H23ClF5NO4S. The van der Waals surface area contributed by atoms with Crippen LogP contribution in [0.3, 0.4) is 0 Å². The summed E-state index contributed by atoms with van der Waals surface area (Å²) in [5, 5.41) is -0.417. The largest absolute Gasteiger partial charge is 0.493 e. The van der Waals surface area contributed by atoms with Crippen molar-refractivity contribution in [2.75, 3.05) is 19.4 Å². The molecule has 0 saturated carbocycles. The third kappa shape index (κ3) is 7.75. The zero-order valence-corrected chi connectivity index (χ0v) is 21.6. The molecule has 0 saturated heterocycles. The van der Waals surface area contributed by atoms with Crippen molar-refractivity contribution in [2.45, 2.75) is 30.6 Å². The zero-order chi connectivity index (χ0) is 28.1. The fourth-order valence-electron chi connectivity index (χ4n) is 3.78. The number of hydrogen-bond donors (Lipinski definition) is 0. The summed E-state index contributed by atoms with van der Waals surface area (Å²) in [6.07, 6.45) is -3.36. The smallest absolute Gasteiger partial charge is 0.417 e. The summed E-state index contributed by atoms with van der Waals surface area (Å²) in [7, 11) is -3.90. The molecule has 12 heteroatoms. The summed E-state index contributed by atoms with van der Waals surface area (Å²) < 4.78 is 96.8. The van der Waals surface area contributed by atoms with E-state index in [1.165, 1.54) is 24.3 Å². The van der Waals surface area contributed by atoms with Crippen LogP contribution in [0.1, 0.15) is 33.5 Å². The van der Waals surface area contributed by atoms with Crippen LogP contribution < -0.4 is 4.74 Å². The van der Waals surface area contributed by atoms with Gasteiger partial charge in [0.15, 0.2) is 16.1 Å². The standard InChI is InChI=1S/C26H23ClF5NO4S/c1-38(35,36)24-13-20(12-23(29)21(24)16-34)37-11-3-10-33(14-17-6-8-19(28)9-7-17)15-18-4-2-5-22(25(18)27)26(30,31)32/h2,4-9,12-13,16H,3,10-11,14-15H2,1H3. The van der Waals surface area contributed by atoms with Crippen molar-refractivity contribution in [3.8, 4) is 5.75 Å². The van der Waals surface area contributed by atoms with Crippen LogP contribution >= 0.6 is 11.6 Å². The quantitative estimate of drug-likeness (QED) is 0.152. The number of halogens is 6. The number of sulfone groups is 1. The van der Waals surface area contributed by atoms with Gasteiger partial charge in [-0.3, -0.25) is 9.69 Å². The lowest BCUT2D eigenvalue weighted by atomic mass is 10.1. The predicted octanol–water partition coefficient (Wildman–Crippen LogP) is 6.32. The Kier molecular flexibility index (Phi) is 9.50. The van der Waals surface area contributed by atoms with Gasteiger partial charge in [0.25, 0.3) is 0 Å². The number of ether oxygens (including phenoxy) is 1. The van der Waals surface area contributed by atoms with Gasteiger partial charge >= 0.3 is 6.18 Å². The van der Waals surface area contributed by atoms with Gasteiger partial charge in [0.1, 0.15) is 17.4 Å². The van der Waals surface area contributed by atoms with Crippen molar-refractivity contribution in [3.63, 3.8) is 0 Å². The summed E-state index contributed by atoms with van der Waals surface area (Å²) in [5.74, 6) is -1.58. The maximum absolute atomic E-state index is 14.2. The summed E-state index contributed by atoms with van der Waals surface area (Å²) >= 11 is 6.06. The first-order chi connectivity index (χ1) is 17.8. The van der Waals surface area contributed by atoms with Gasteiger partial charge in [-0.2, -0.15) is 13.2 Å². The molecule has 0 aliphatic carbocycles. The van der Waals surface area contributed by atoms with Crippen molar-refractivity contribution in [1.29, 1.82) is 0 Å². The summed E-state index contributed by atoms with van der Waals surface area (Å²) in [6.45, 7) is 0.589. The highest BCUT2D eigenvalue weighted by Gasteiger charge is 2.34. The van der Waals surface area contributed by atoms with Gasteiger partial charge < -0.3 is 4.74 Å². The van der Waals surface area contributed by atoms with Crippen molar-refractivity contribution in [3.05, 3.63) is 93.5 Å². The van der Waals surface area contributed by atoms with E-state index in [0.717, 1.165) is 24.5 Å². The fourth-order valence-corrected chi connectivity index (χ4v) is 4.94. The molecule has 0 aliphatic heterocycles. The Balaban J connectivity index is 1.75. The van der Waals surface area contributed by atoms with E-state index in [1.54, 1.807) is 17.0 Å². The molecule has 0 fully saturated rings. The minimum Gasteiger partial charge on any atom is -0.493 e. The maximum Gasteiger partial charge on any atom is 0.417 e. The van der Waals surface area contributed by atoms with Crippen LogP contribution in [0.25, 0.3) is 0 Å². The summed E-state index contributed by atoms with van der Waals surface area (Å²) in [4.78, 5) is 12.4. The van der Waals surface area contributed by atoms with Gasteiger partial charge in [-0.25, -0.2) is 17.2 Å². The lowest BCUT2D eigenvalue weighted by molar-refractivity contribution is -0.137. The van der Waals surface area contributed by atoms with Crippen LogP contribution in [-0.2, 0) is 29.1 Å². The van der Waals surface area contributed by atoms with Crippen LogP contribution in [0.2, 0.25) is 5.02 Å². The number of carbonyl (C=O) groups excluding carboxylic acids is 1. The molecule has 0 bridgehead atoms. The van der Waals surface area contributed by atoms with Crippen LogP contribution in [0.15, 0.2) is 59.5 Å². The molecule has 204 valence electrons. The highest BCUT2D eigenvalue weighted by Crippen LogP contribution is 2.36. The van der Waals surface area contributed by atoms with Gasteiger partial charge in [-0.1, -0.05) is 35.9 Å². The Hall–Kier alpha value is -3.02. The minimum atomic E-state index is -4.62. The Morgan fingerprint density at radius 2 is 1.71 bits per heavy atom. The molecule has 0 heterocycles. The molecule has 3 rings (SSSR count). The Bertz CT molecular complexity index is 1400. The number of rotatable bonds is 11. The summed E-state index contributed by atoms with van der Waals surface area (Å²) in [5.41, 5.74) is -0.596. The molecule has 0 N–H and O–H groups in total. The number of benzene rings is 3. The summed E-state index contributed by atoms with van der Waals surface area (Å²) in [6, 6.07) is 11.2. The highest BCUT2D eigenvalue weighted by molar-refractivity contribution is 7.90. The second-order valence-electron chi connectivity index (χ2n) is 8.52. The molecule has 0 aromatic heterocycles. The SMILES string of the molecule is CS(=O)(=O)c1cc(OCCCN(Cc2ccc(F)cc2)Cc2cccc(C(F)(F)F)c2Cl)cc(F)c1C=O. The lowest BCUT2D eigenvalue weighted by Gasteiger charge is -2.24. The van der Waals surface area contributed by atoms with Gasteiger partial charge in [0, 0.05) is 32.0 Å². The van der Waals surface area contributed by atoms with E-state index in [2.05, 4.69) is 0 Å². The molecule has 38 heavy (non-hydrogen) atoms. The molecule has 0 spiro atoms. The van der Waals surface area contributed by atoms with Crippen LogP contribution in [0, 0.1) is 11.6 Å². The number of nitrogens with zero attached hydrogens (tertiary/aromatic N) is 1. The molecule has 0 radical (unpaired) electrons. The van der Waals surface area contributed by atoms with E-state index in [9.17, 15) is 35.2 Å². The average molecular weight is 576 g/mol. The molecule has 3 aromatic carbocycles. The normalized spacial score (nSPS) is 12.1. The van der Waals surface area contributed by atoms with E-state index in [0.29, 0.717) is 12.0 Å². The predicted molar refractivity (Wildman–Crippen MR) is 132 cm³/mol. The van der Waals surface area contributed by atoms with Crippen molar-refractivity contribution < 1.29 is 39.9 Å². The van der Waals surface area contributed by atoms with Gasteiger partial charge in [0.2, 0.25) is 0 Å². The van der Waals surface area contributed by atoms with Gasteiger partial charge in [0.05, 0.1) is 27.7 Å². The maximum atomic E-state index is 14.2.